The van der Waals surface area contributed by atoms with Crippen molar-refractivity contribution < 1.29 is 4.48 Å². The van der Waals surface area contributed by atoms with Gasteiger partial charge in [-0.15, -0.1) is 11.6 Å². The number of hydrazine groups is 1. The zero-order valence-corrected chi connectivity index (χ0v) is 12.2. The van der Waals surface area contributed by atoms with Gasteiger partial charge in [0.25, 0.3) is 0 Å². The Labute approximate surface area is 115 Å². The summed E-state index contributed by atoms with van der Waals surface area (Å²) in [5, 5.41) is 0.110. The monoisotopic (exact) mass is 273 g/mol. The average molecular weight is 274 g/mol. The van der Waals surface area contributed by atoms with Crippen molar-refractivity contribution in [2.24, 2.45) is 11.7 Å². The lowest BCUT2D eigenvalue weighted by Crippen LogP contribution is -2.52. The fourth-order valence-electron chi connectivity index (χ4n) is 3.03. The van der Waals surface area contributed by atoms with Crippen molar-refractivity contribution in [2.45, 2.75) is 44.1 Å². The first kappa shape index (κ1) is 14.1. The normalized spacial score (nSPS) is 39.1. The van der Waals surface area contributed by atoms with E-state index in [1.165, 1.54) is 31.4 Å². The first-order chi connectivity index (χ1) is 8.56. The maximum Gasteiger partial charge on any atom is 0.117 e. The molecule has 1 saturated heterocycles. The molecule has 5 heteroatoms. The molecule has 0 aromatic heterocycles. The van der Waals surface area contributed by atoms with Crippen molar-refractivity contribution in [2.75, 3.05) is 20.1 Å². The number of nitrogens with one attached hydrogen (secondary N) is 2. The molecule has 0 aliphatic carbocycles. The summed E-state index contributed by atoms with van der Waals surface area (Å²) in [7, 11) is 2.26. The number of hydrogen-bond donors (Lipinski definition) is 3. The van der Waals surface area contributed by atoms with Gasteiger partial charge in [0, 0.05) is 0 Å². The summed E-state index contributed by atoms with van der Waals surface area (Å²) < 4.78 is 0.922. The molecular formula is C13H26ClN4+. The van der Waals surface area contributed by atoms with Crippen LogP contribution in [-0.4, -0.2) is 36.2 Å². The minimum Gasteiger partial charge on any atom is -0.319 e. The maximum absolute atomic E-state index is 6.52. The lowest BCUT2D eigenvalue weighted by molar-refractivity contribution is -0.862. The predicted octanol–water partition coefficient (Wildman–Crippen LogP) is 1.48. The van der Waals surface area contributed by atoms with Gasteiger partial charge >= 0.3 is 0 Å². The van der Waals surface area contributed by atoms with Crippen LogP contribution in [0.25, 0.3) is 0 Å². The van der Waals surface area contributed by atoms with Crippen molar-refractivity contribution in [3.05, 3.63) is 11.9 Å². The van der Waals surface area contributed by atoms with Crippen LogP contribution in [0.15, 0.2) is 11.9 Å². The highest BCUT2D eigenvalue weighted by atomic mass is 35.5. The Kier molecular flexibility index (Phi) is 4.54. The van der Waals surface area contributed by atoms with E-state index >= 15 is 0 Å². The molecular weight excluding hydrogens is 248 g/mol. The van der Waals surface area contributed by atoms with Gasteiger partial charge in [-0.25, -0.2) is 5.43 Å². The SMILES string of the molecule is CCCCCC[N+]1(C)C=C2NNC(N)C2C(Cl)C1. The number of rotatable bonds is 5. The fraction of sp³-hybridized carbons (Fsp3) is 0.846. The molecule has 4 atom stereocenters. The summed E-state index contributed by atoms with van der Waals surface area (Å²) in [6, 6.07) is 0. The van der Waals surface area contributed by atoms with Gasteiger partial charge in [0.2, 0.25) is 0 Å². The molecule has 1 fully saturated rings. The van der Waals surface area contributed by atoms with E-state index in [1.807, 2.05) is 0 Å². The molecule has 0 bridgehead atoms. The molecule has 2 heterocycles. The number of fused-ring (bicyclic) bond motifs is 1. The molecule has 2 aliphatic heterocycles. The largest absolute Gasteiger partial charge is 0.319 e. The fourth-order valence-corrected chi connectivity index (χ4v) is 3.64. The Bertz CT molecular complexity index is 320. The van der Waals surface area contributed by atoms with Crippen LogP contribution >= 0.6 is 11.6 Å². The summed E-state index contributed by atoms with van der Waals surface area (Å²) in [4.78, 5) is 0. The molecule has 4 N–H and O–H groups in total. The molecule has 4 nitrogen and oxygen atoms in total. The lowest BCUT2D eigenvalue weighted by Gasteiger charge is -2.38. The van der Waals surface area contributed by atoms with E-state index in [0.29, 0.717) is 0 Å². The highest BCUT2D eigenvalue weighted by Crippen LogP contribution is 2.32. The van der Waals surface area contributed by atoms with Gasteiger partial charge in [0.1, 0.15) is 12.7 Å². The molecule has 0 saturated carbocycles. The summed E-state index contributed by atoms with van der Waals surface area (Å²) in [5.74, 6) is 0.230. The molecule has 104 valence electrons. The molecule has 0 aromatic carbocycles. The van der Waals surface area contributed by atoms with E-state index in [4.69, 9.17) is 17.3 Å². The molecule has 2 aliphatic rings. The minimum absolute atomic E-state index is 0.0624. The first-order valence-corrected chi connectivity index (χ1v) is 7.47. The van der Waals surface area contributed by atoms with Crippen LogP contribution in [0.1, 0.15) is 32.6 Å². The number of hydrogen-bond acceptors (Lipinski definition) is 3. The second kappa shape index (κ2) is 5.78. The zero-order chi connectivity index (χ0) is 13.2. The van der Waals surface area contributed by atoms with E-state index in [-0.39, 0.29) is 17.5 Å². The minimum atomic E-state index is -0.0624. The zero-order valence-electron chi connectivity index (χ0n) is 11.5. The third-order valence-corrected chi connectivity index (χ3v) is 4.49. The number of quaternary nitrogens is 1. The van der Waals surface area contributed by atoms with Crippen LogP contribution in [0, 0.1) is 5.92 Å². The Morgan fingerprint density at radius 1 is 1.44 bits per heavy atom. The van der Waals surface area contributed by atoms with E-state index in [0.717, 1.165) is 17.6 Å². The van der Waals surface area contributed by atoms with Gasteiger partial charge in [0.05, 0.1) is 36.8 Å². The Hall–Kier alpha value is -0.290. The van der Waals surface area contributed by atoms with E-state index in [9.17, 15) is 0 Å². The Morgan fingerprint density at radius 2 is 2.22 bits per heavy atom. The quantitative estimate of drug-likeness (QED) is 0.404. The Balaban J connectivity index is 1.97. The molecule has 18 heavy (non-hydrogen) atoms. The smallest absolute Gasteiger partial charge is 0.117 e. The van der Waals surface area contributed by atoms with Gasteiger partial charge in [-0.3, -0.25) is 4.48 Å². The van der Waals surface area contributed by atoms with Gasteiger partial charge in [-0.05, 0) is 12.8 Å². The number of nitrogens with two attached hydrogens (primary N) is 1. The number of unbranched alkanes of at least 4 members (excludes halogenated alkanes) is 3. The standard InChI is InChI=1S/C13H26ClN4/c1-3-4-5-6-7-18(2)8-10(14)12-11(9-18)16-17-13(12)15/h9-10,12-13,16-17H,3-8,15H2,1-2H3/q+1. The Morgan fingerprint density at radius 3 is 2.94 bits per heavy atom. The summed E-state index contributed by atoms with van der Waals surface area (Å²) >= 11 is 6.52. The molecule has 0 radical (unpaired) electrons. The van der Waals surface area contributed by atoms with Gasteiger partial charge in [0.15, 0.2) is 0 Å². The van der Waals surface area contributed by atoms with Crippen LogP contribution in [0.3, 0.4) is 0 Å². The molecule has 4 unspecified atom stereocenters. The van der Waals surface area contributed by atoms with E-state index in [2.05, 4.69) is 31.0 Å². The third-order valence-electron chi connectivity index (χ3n) is 4.08. The van der Waals surface area contributed by atoms with Gasteiger partial charge < -0.3 is 11.2 Å². The third kappa shape index (κ3) is 2.99. The van der Waals surface area contributed by atoms with Crippen LogP contribution < -0.4 is 16.6 Å². The van der Waals surface area contributed by atoms with Crippen LogP contribution in [0.4, 0.5) is 0 Å². The van der Waals surface area contributed by atoms with Crippen molar-refractivity contribution in [1.29, 1.82) is 0 Å². The lowest BCUT2D eigenvalue weighted by atomic mass is 9.95. The molecule has 0 aromatic rings. The topological polar surface area (TPSA) is 50.1 Å². The van der Waals surface area contributed by atoms with Crippen LogP contribution in [0.2, 0.25) is 0 Å². The van der Waals surface area contributed by atoms with Gasteiger partial charge in [-0.1, -0.05) is 19.8 Å². The van der Waals surface area contributed by atoms with Crippen LogP contribution in [-0.2, 0) is 0 Å². The van der Waals surface area contributed by atoms with Crippen molar-refractivity contribution >= 4 is 11.6 Å². The predicted molar refractivity (Wildman–Crippen MR) is 75.5 cm³/mol. The summed E-state index contributed by atoms with van der Waals surface area (Å²) in [6.07, 6.45) is 7.43. The molecule has 2 rings (SSSR count). The second-order valence-electron chi connectivity index (χ2n) is 5.87. The van der Waals surface area contributed by atoms with Crippen molar-refractivity contribution in [3.8, 4) is 0 Å². The molecule has 0 spiro atoms. The van der Waals surface area contributed by atoms with Crippen LogP contribution in [0.5, 0.6) is 0 Å². The van der Waals surface area contributed by atoms with E-state index < -0.39 is 0 Å². The van der Waals surface area contributed by atoms with Crippen molar-refractivity contribution in [1.82, 2.24) is 10.9 Å². The number of alkyl halides is 1. The highest BCUT2D eigenvalue weighted by molar-refractivity contribution is 6.21. The average Bonchev–Trinajstić information content (AvgIpc) is 2.66. The number of halogens is 1. The van der Waals surface area contributed by atoms with E-state index in [1.54, 1.807) is 0 Å². The summed E-state index contributed by atoms with van der Waals surface area (Å²) in [5.41, 5.74) is 13.4. The summed E-state index contributed by atoms with van der Waals surface area (Å²) in [6.45, 7) is 4.38. The first-order valence-electron chi connectivity index (χ1n) is 7.04. The molecule has 0 amide bonds. The maximum atomic E-state index is 6.52. The number of nitrogens with zero attached hydrogens (tertiary/aromatic N) is 1. The van der Waals surface area contributed by atoms with Crippen molar-refractivity contribution in [3.63, 3.8) is 0 Å². The highest BCUT2D eigenvalue weighted by Gasteiger charge is 2.44. The second-order valence-corrected chi connectivity index (χ2v) is 6.43. The van der Waals surface area contributed by atoms with Gasteiger partial charge in [-0.2, -0.15) is 0 Å².